The van der Waals surface area contributed by atoms with Gasteiger partial charge in [0.15, 0.2) is 0 Å². The second kappa shape index (κ2) is 10.8. The summed E-state index contributed by atoms with van der Waals surface area (Å²) in [6, 6.07) is 23.9. The first-order chi connectivity index (χ1) is 16.1. The SMILES string of the molecule is COc1ccc(CN2CC=C(c3cccc(CNC(=O)c4ccc(OC)cc4)c3)CC2)cc1. The van der Waals surface area contributed by atoms with E-state index in [4.69, 9.17) is 9.47 Å². The molecule has 0 fully saturated rings. The number of carbonyl (C=O) groups excluding carboxylic acids is 1. The Balaban J connectivity index is 1.32. The highest BCUT2D eigenvalue weighted by Gasteiger charge is 2.14. The van der Waals surface area contributed by atoms with E-state index < -0.39 is 0 Å². The predicted octanol–water partition coefficient (Wildman–Crippen LogP) is 4.92. The van der Waals surface area contributed by atoms with Crippen molar-refractivity contribution in [1.29, 1.82) is 0 Å². The molecule has 0 radical (unpaired) electrons. The summed E-state index contributed by atoms with van der Waals surface area (Å²) >= 11 is 0. The van der Waals surface area contributed by atoms with Crippen molar-refractivity contribution in [3.8, 4) is 11.5 Å². The van der Waals surface area contributed by atoms with Gasteiger partial charge in [0.1, 0.15) is 11.5 Å². The van der Waals surface area contributed by atoms with Crippen LogP contribution in [0.3, 0.4) is 0 Å². The van der Waals surface area contributed by atoms with Crippen LogP contribution in [0.15, 0.2) is 78.9 Å². The zero-order chi connectivity index (χ0) is 23.0. The molecule has 33 heavy (non-hydrogen) atoms. The fraction of sp³-hybridized carbons (Fsp3) is 0.250. The average Bonchev–Trinajstić information content (AvgIpc) is 2.88. The Labute approximate surface area is 195 Å². The molecule has 0 saturated heterocycles. The first-order valence-electron chi connectivity index (χ1n) is 11.2. The zero-order valence-electron chi connectivity index (χ0n) is 19.2. The number of hydrogen-bond acceptors (Lipinski definition) is 4. The number of carbonyl (C=O) groups is 1. The number of methoxy groups -OCH3 is 2. The third kappa shape index (κ3) is 6.02. The van der Waals surface area contributed by atoms with Crippen molar-refractivity contribution in [2.24, 2.45) is 0 Å². The maximum absolute atomic E-state index is 12.5. The summed E-state index contributed by atoms with van der Waals surface area (Å²) in [5.41, 5.74) is 5.61. The highest BCUT2D eigenvalue weighted by Crippen LogP contribution is 2.24. The Bertz CT molecular complexity index is 1100. The van der Waals surface area contributed by atoms with E-state index in [9.17, 15) is 4.79 Å². The second-order valence-electron chi connectivity index (χ2n) is 8.17. The number of benzene rings is 3. The Morgan fingerprint density at radius 2 is 1.61 bits per heavy atom. The molecule has 0 bridgehead atoms. The van der Waals surface area contributed by atoms with Crippen molar-refractivity contribution in [3.63, 3.8) is 0 Å². The molecular formula is C28H30N2O3. The molecule has 4 rings (SSSR count). The fourth-order valence-electron chi connectivity index (χ4n) is 4.01. The summed E-state index contributed by atoms with van der Waals surface area (Å²) in [4.78, 5) is 14.9. The molecule has 0 spiro atoms. The lowest BCUT2D eigenvalue weighted by atomic mass is 9.97. The van der Waals surface area contributed by atoms with Gasteiger partial charge in [-0.15, -0.1) is 0 Å². The molecule has 5 heteroatoms. The van der Waals surface area contributed by atoms with E-state index in [1.165, 1.54) is 16.7 Å². The van der Waals surface area contributed by atoms with Gasteiger partial charge >= 0.3 is 0 Å². The summed E-state index contributed by atoms with van der Waals surface area (Å²) in [6.07, 6.45) is 3.33. The first-order valence-corrected chi connectivity index (χ1v) is 11.2. The Kier molecular flexibility index (Phi) is 7.43. The van der Waals surface area contributed by atoms with E-state index >= 15 is 0 Å². The Morgan fingerprint density at radius 3 is 2.24 bits per heavy atom. The number of nitrogens with one attached hydrogen (secondary N) is 1. The van der Waals surface area contributed by atoms with Crippen LogP contribution in [0.4, 0.5) is 0 Å². The van der Waals surface area contributed by atoms with Crippen molar-refractivity contribution in [1.82, 2.24) is 10.2 Å². The minimum Gasteiger partial charge on any atom is -0.497 e. The van der Waals surface area contributed by atoms with Crippen molar-refractivity contribution in [2.45, 2.75) is 19.5 Å². The molecule has 1 aliphatic heterocycles. The molecule has 3 aromatic rings. The molecule has 0 aromatic heterocycles. The monoisotopic (exact) mass is 442 g/mol. The number of hydrogen-bond donors (Lipinski definition) is 1. The lowest BCUT2D eigenvalue weighted by molar-refractivity contribution is 0.0951. The normalized spacial score (nSPS) is 13.8. The van der Waals surface area contributed by atoms with E-state index in [1.807, 2.05) is 12.1 Å². The van der Waals surface area contributed by atoms with Crippen LogP contribution in [0.25, 0.3) is 5.57 Å². The van der Waals surface area contributed by atoms with Gasteiger partial charge in [-0.05, 0) is 71.1 Å². The summed E-state index contributed by atoms with van der Waals surface area (Å²) in [5, 5.41) is 3.01. The summed E-state index contributed by atoms with van der Waals surface area (Å²) < 4.78 is 10.4. The first kappa shape index (κ1) is 22.6. The maximum atomic E-state index is 12.5. The molecular weight excluding hydrogens is 412 g/mol. The van der Waals surface area contributed by atoms with Crippen LogP contribution in [0, 0.1) is 0 Å². The lowest BCUT2D eigenvalue weighted by Gasteiger charge is -2.26. The van der Waals surface area contributed by atoms with Gasteiger partial charge < -0.3 is 14.8 Å². The molecule has 5 nitrogen and oxygen atoms in total. The molecule has 0 atom stereocenters. The molecule has 170 valence electrons. The molecule has 0 aliphatic carbocycles. The van der Waals surface area contributed by atoms with Gasteiger partial charge in [0, 0.05) is 31.7 Å². The van der Waals surface area contributed by atoms with Gasteiger partial charge in [-0.25, -0.2) is 0 Å². The van der Waals surface area contributed by atoms with Gasteiger partial charge in [-0.1, -0.05) is 36.4 Å². The van der Waals surface area contributed by atoms with Crippen LogP contribution >= 0.6 is 0 Å². The number of amides is 1. The van der Waals surface area contributed by atoms with Crippen molar-refractivity contribution in [3.05, 3.63) is 101 Å². The van der Waals surface area contributed by atoms with Crippen molar-refractivity contribution < 1.29 is 14.3 Å². The number of nitrogens with zero attached hydrogens (tertiary/aromatic N) is 1. The molecule has 0 unspecified atom stereocenters. The highest BCUT2D eigenvalue weighted by molar-refractivity contribution is 5.94. The predicted molar refractivity (Wildman–Crippen MR) is 131 cm³/mol. The van der Waals surface area contributed by atoms with Crippen molar-refractivity contribution >= 4 is 11.5 Å². The average molecular weight is 443 g/mol. The standard InChI is InChI=1S/C28H30N2O3/c1-32-26-10-6-21(7-11-26)20-30-16-14-23(15-17-30)25-5-3-4-22(18-25)19-29-28(31)24-8-12-27(33-2)13-9-24/h3-14,18H,15-17,19-20H2,1-2H3,(H,29,31). The topological polar surface area (TPSA) is 50.8 Å². The van der Waals surface area contributed by atoms with Crippen LogP contribution < -0.4 is 14.8 Å². The molecule has 0 saturated carbocycles. The smallest absolute Gasteiger partial charge is 0.251 e. The Hall–Kier alpha value is -3.57. The second-order valence-corrected chi connectivity index (χ2v) is 8.17. The molecule has 1 amide bonds. The van der Waals surface area contributed by atoms with Crippen LogP contribution in [0.2, 0.25) is 0 Å². The van der Waals surface area contributed by atoms with Gasteiger partial charge in [0.05, 0.1) is 14.2 Å². The zero-order valence-corrected chi connectivity index (χ0v) is 19.2. The van der Waals surface area contributed by atoms with Gasteiger partial charge in [0.25, 0.3) is 5.91 Å². The minimum absolute atomic E-state index is 0.0888. The third-order valence-corrected chi connectivity index (χ3v) is 5.96. The summed E-state index contributed by atoms with van der Waals surface area (Å²) in [7, 11) is 3.30. The summed E-state index contributed by atoms with van der Waals surface area (Å²) in [5.74, 6) is 1.54. The number of ether oxygens (including phenoxy) is 2. The lowest BCUT2D eigenvalue weighted by Crippen LogP contribution is -2.28. The van der Waals surface area contributed by atoms with E-state index in [-0.39, 0.29) is 5.91 Å². The molecule has 3 aromatic carbocycles. The maximum Gasteiger partial charge on any atom is 0.251 e. The van der Waals surface area contributed by atoms with Crippen molar-refractivity contribution in [2.75, 3.05) is 27.3 Å². The summed E-state index contributed by atoms with van der Waals surface area (Å²) in [6.45, 7) is 3.39. The third-order valence-electron chi connectivity index (χ3n) is 5.96. The molecule has 1 heterocycles. The van der Waals surface area contributed by atoms with Crippen LogP contribution in [-0.2, 0) is 13.1 Å². The highest BCUT2D eigenvalue weighted by atomic mass is 16.5. The molecule has 1 N–H and O–H groups in total. The molecule has 1 aliphatic rings. The van der Waals surface area contributed by atoms with Gasteiger partial charge in [0.2, 0.25) is 0 Å². The van der Waals surface area contributed by atoms with E-state index in [0.29, 0.717) is 12.1 Å². The van der Waals surface area contributed by atoms with E-state index in [0.717, 1.165) is 43.1 Å². The van der Waals surface area contributed by atoms with Crippen LogP contribution in [0.5, 0.6) is 11.5 Å². The van der Waals surface area contributed by atoms with E-state index in [1.54, 1.807) is 38.5 Å². The largest absolute Gasteiger partial charge is 0.497 e. The quantitative estimate of drug-likeness (QED) is 0.538. The minimum atomic E-state index is -0.0888. The fourth-order valence-corrected chi connectivity index (χ4v) is 4.01. The number of rotatable bonds is 8. The van der Waals surface area contributed by atoms with E-state index in [2.05, 4.69) is 52.7 Å². The van der Waals surface area contributed by atoms with Crippen LogP contribution in [-0.4, -0.2) is 38.1 Å². The van der Waals surface area contributed by atoms with Crippen LogP contribution in [0.1, 0.15) is 33.5 Å². The van der Waals surface area contributed by atoms with Gasteiger partial charge in [-0.3, -0.25) is 9.69 Å². The Morgan fingerprint density at radius 1 is 0.909 bits per heavy atom. The van der Waals surface area contributed by atoms with Gasteiger partial charge in [-0.2, -0.15) is 0 Å².